The highest BCUT2D eigenvalue weighted by atomic mass is 16.6. The summed E-state index contributed by atoms with van der Waals surface area (Å²) >= 11 is 0. The minimum Gasteiger partial charge on any atom is -0.444 e. The molecule has 1 heterocycles. The molecule has 20 heavy (non-hydrogen) atoms. The van der Waals surface area contributed by atoms with Crippen molar-refractivity contribution in [2.24, 2.45) is 0 Å². The summed E-state index contributed by atoms with van der Waals surface area (Å²) in [6.45, 7) is 7.69. The van der Waals surface area contributed by atoms with Crippen molar-refractivity contribution in [2.75, 3.05) is 6.54 Å². The molecule has 0 aliphatic carbocycles. The normalized spacial score (nSPS) is 10.4. The first-order valence-electron chi connectivity index (χ1n) is 6.43. The second-order valence-electron chi connectivity index (χ2n) is 5.37. The largest absolute Gasteiger partial charge is 0.444 e. The first-order valence-corrected chi connectivity index (χ1v) is 6.43. The standard InChI is InChI=1S/C15H20N2O3/c1-11-9-13(18)17-10-12(11)7-5-6-8-16-14(19)20-15(2,3)4/h9-10H,6,8H2,1-4H3,(H,16,19)(H,17,18). The lowest BCUT2D eigenvalue weighted by Gasteiger charge is -2.19. The maximum atomic E-state index is 11.4. The molecule has 0 bridgehead atoms. The van der Waals surface area contributed by atoms with Crippen LogP contribution in [0.3, 0.4) is 0 Å². The molecule has 108 valence electrons. The van der Waals surface area contributed by atoms with Gasteiger partial charge in [-0.05, 0) is 33.3 Å². The molecule has 0 saturated heterocycles. The summed E-state index contributed by atoms with van der Waals surface area (Å²) in [6.07, 6.45) is 1.66. The van der Waals surface area contributed by atoms with Gasteiger partial charge < -0.3 is 15.0 Å². The predicted octanol–water partition coefficient (Wildman–Crippen LogP) is 1.95. The second-order valence-corrected chi connectivity index (χ2v) is 5.37. The van der Waals surface area contributed by atoms with Gasteiger partial charge in [-0.1, -0.05) is 11.8 Å². The number of rotatable bonds is 2. The van der Waals surface area contributed by atoms with Crippen LogP contribution in [0.5, 0.6) is 0 Å². The molecule has 0 atom stereocenters. The SMILES string of the molecule is Cc1cc(=O)[nH]cc1C#CCCNC(=O)OC(C)(C)C. The van der Waals surface area contributed by atoms with Gasteiger partial charge in [-0.25, -0.2) is 4.79 Å². The Morgan fingerprint density at radius 2 is 2.15 bits per heavy atom. The Morgan fingerprint density at radius 3 is 2.75 bits per heavy atom. The zero-order valence-corrected chi connectivity index (χ0v) is 12.3. The van der Waals surface area contributed by atoms with Crippen molar-refractivity contribution in [3.8, 4) is 11.8 Å². The molecular weight excluding hydrogens is 256 g/mol. The third-order valence-corrected chi connectivity index (χ3v) is 2.27. The van der Waals surface area contributed by atoms with Crippen molar-refractivity contribution < 1.29 is 9.53 Å². The van der Waals surface area contributed by atoms with Crippen molar-refractivity contribution in [1.82, 2.24) is 10.3 Å². The number of aryl methyl sites for hydroxylation is 1. The van der Waals surface area contributed by atoms with Crippen LogP contribution in [-0.2, 0) is 4.74 Å². The number of amides is 1. The lowest BCUT2D eigenvalue weighted by Crippen LogP contribution is -2.32. The van der Waals surface area contributed by atoms with E-state index in [1.807, 2.05) is 27.7 Å². The van der Waals surface area contributed by atoms with E-state index in [1.165, 1.54) is 6.07 Å². The zero-order valence-electron chi connectivity index (χ0n) is 12.3. The average Bonchev–Trinajstić information content (AvgIpc) is 2.28. The molecule has 1 rings (SSSR count). The van der Waals surface area contributed by atoms with Crippen LogP contribution >= 0.6 is 0 Å². The first kappa shape index (κ1) is 15.8. The first-order chi connectivity index (χ1) is 9.28. The Hall–Kier alpha value is -2.22. The fourth-order valence-corrected chi connectivity index (χ4v) is 1.41. The van der Waals surface area contributed by atoms with Gasteiger partial charge >= 0.3 is 6.09 Å². The van der Waals surface area contributed by atoms with Crippen molar-refractivity contribution >= 4 is 6.09 Å². The Labute approximate surface area is 118 Å². The molecule has 0 aliphatic rings. The van der Waals surface area contributed by atoms with Crippen molar-refractivity contribution in [3.63, 3.8) is 0 Å². The molecule has 0 aromatic carbocycles. The summed E-state index contributed by atoms with van der Waals surface area (Å²) in [7, 11) is 0. The molecule has 0 saturated carbocycles. The lowest BCUT2D eigenvalue weighted by molar-refractivity contribution is 0.0529. The smallest absolute Gasteiger partial charge is 0.407 e. The van der Waals surface area contributed by atoms with E-state index in [4.69, 9.17) is 4.74 Å². The molecule has 0 spiro atoms. The highest BCUT2D eigenvalue weighted by molar-refractivity contribution is 5.67. The van der Waals surface area contributed by atoms with Gasteiger partial charge in [0, 0.05) is 30.8 Å². The number of alkyl carbamates (subject to hydrolysis) is 1. The van der Waals surface area contributed by atoms with Gasteiger partial charge in [0.25, 0.3) is 0 Å². The van der Waals surface area contributed by atoms with E-state index in [1.54, 1.807) is 6.20 Å². The maximum absolute atomic E-state index is 11.4. The minimum absolute atomic E-state index is 0.139. The summed E-state index contributed by atoms with van der Waals surface area (Å²) in [5, 5.41) is 2.63. The summed E-state index contributed by atoms with van der Waals surface area (Å²) in [5.74, 6) is 5.89. The van der Waals surface area contributed by atoms with Crippen LogP contribution in [0.4, 0.5) is 4.79 Å². The Morgan fingerprint density at radius 1 is 1.45 bits per heavy atom. The molecule has 1 aromatic rings. The van der Waals surface area contributed by atoms with Gasteiger partial charge in [0.05, 0.1) is 0 Å². The van der Waals surface area contributed by atoms with E-state index in [9.17, 15) is 9.59 Å². The second kappa shape index (κ2) is 6.80. The average molecular weight is 276 g/mol. The van der Waals surface area contributed by atoms with Gasteiger partial charge in [-0.3, -0.25) is 4.79 Å². The molecule has 0 aliphatic heterocycles. The fraction of sp³-hybridized carbons (Fsp3) is 0.467. The molecule has 2 N–H and O–H groups in total. The fourth-order valence-electron chi connectivity index (χ4n) is 1.41. The highest BCUT2D eigenvalue weighted by Gasteiger charge is 2.15. The van der Waals surface area contributed by atoms with E-state index in [0.29, 0.717) is 13.0 Å². The van der Waals surface area contributed by atoms with Gasteiger partial charge in [-0.2, -0.15) is 0 Å². The number of hydrogen-bond acceptors (Lipinski definition) is 3. The number of H-pyrrole nitrogens is 1. The summed E-state index contributed by atoms with van der Waals surface area (Å²) < 4.78 is 5.10. The Balaban J connectivity index is 2.40. The van der Waals surface area contributed by atoms with E-state index < -0.39 is 11.7 Å². The minimum atomic E-state index is -0.497. The maximum Gasteiger partial charge on any atom is 0.407 e. The molecule has 0 radical (unpaired) electrons. The molecule has 0 unspecified atom stereocenters. The van der Waals surface area contributed by atoms with Crippen LogP contribution in [0.15, 0.2) is 17.1 Å². The molecule has 5 heteroatoms. The third kappa shape index (κ3) is 6.10. The van der Waals surface area contributed by atoms with Crippen LogP contribution in [0.1, 0.15) is 38.3 Å². The topological polar surface area (TPSA) is 71.2 Å². The predicted molar refractivity (Wildman–Crippen MR) is 77.5 cm³/mol. The number of carbonyl (C=O) groups excluding carboxylic acids is 1. The molecule has 1 amide bonds. The van der Waals surface area contributed by atoms with E-state index in [2.05, 4.69) is 22.1 Å². The van der Waals surface area contributed by atoms with Gasteiger partial charge in [0.15, 0.2) is 0 Å². The Kier molecular flexibility index (Phi) is 5.39. The quantitative estimate of drug-likeness (QED) is 0.640. The van der Waals surface area contributed by atoms with Gasteiger partial charge in [0.2, 0.25) is 5.56 Å². The molecular formula is C15H20N2O3. The summed E-state index contributed by atoms with van der Waals surface area (Å²) in [6, 6.07) is 1.50. The molecule has 5 nitrogen and oxygen atoms in total. The van der Waals surface area contributed by atoms with Gasteiger partial charge in [0.1, 0.15) is 5.60 Å². The van der Waals surface area contributed by atoms with Crippen LogP contribution in [0.2, 0.25) is 0 Å². The Bertz CT molecular complexity index is 586. The van der Waals surface area contributed by atoms with Crippen molar-refractivity contribution in [3.05, 3.63) is 33.7 Å². The number of ether oxygens (including phenoxy) is 1. The number of aromatic nitrogens is 1. The number of nitrogens with one attached hydrogen (secondary N) is 2. The van der Waals surface area contributed by atoms with Crippen molar-refractivity contribution in [2.45, 2.75) is 39.7 Å². The van der Waals surface area contributed by atoms with Crippen molar-refractivity contribution in [1.29, 1.82) is 0 Å². The monoisotopic (exact) mass is 276 g/mol. The van der Waals surface area contributed by atoms with Gasteiger partial charge in [-0.15, -0.1) is 0 Å². The highest BCUT2D eigenvalue weighted by Crippen LogP contribution is 2.06. The van der Waals surface area contributed by atoms with E-state index >= 15 is 0 Å². The third-order valence-electron chi connectivity index (χ3n) is 2.27. The van der Waals surface area contributed by atoms with E-state index in [0.717, 1.165) is 11.1 Å². The lowest BCUT2D eigenvalue weighted by atomic mass is 10.1. The zero-order chi connectivity index (χ0) is 15.2. The number of hydrogen-bond donors (Lipinski definition) is 2. The number of pyridine rings is 1. The van der Waals surface area contributed by atoms with E-state index in [-0.39, 0.29) is 5.56 Å². The molecule has 1 aromatic heterocycles. The number of aromatic amines is 1. The molecule has 0 fully saturated rings. The van der Waals surface area contributed by atoms with Crippen LogP contribution < -0.4 is 10.9 Å². The van der Waals surface area contributed by atoms with Crippen LogP contribution in [0.25, 0.3) is 0 Å². The summed E-state index contributed by atoms with van der Waals surface area (Å²) in [5.41, 5.74) is 0.978. The summed E-state index contributed by atoms with van der Waals surface area (Å²) in [4.78, 5) is 25.0. The number of carbonyl (C=O) groups is 1. The van der Waals surface area contributed by atoms with Crippen LogP contribution in [0, 0.1) is 18.8 Å². The van der Waals surface area contributed by atoms with Crippen LogP contribution in [-0.4, -0.2) is 23.2 Å².